The van der Waals surface area contributed by atoms with Crippen LogP contribution in [0.2, 0.25) is 5.02 Å². The third kappa shape index (κ3) is 2.67. The van der Waals surface area contributed by atoms with Crippen LogP contribution in [0.1, 0.15) is 6.92 Å². The van der Waals surface area contributed by atoms with Gasteiger partial charge in [-0.25, -0.2) is 0 Å². The Balaban J connectivity index is 2.89. The van der Waals surface area contributed by atoms with Gasteiger partial charge < -0.3 is 9.47 Å². The third-order valence-electron chi connectivity index (χ3n) is 1.42. The lowest BCUT2D eigenvalue weighted by atomic mass is 10.3. The molecule has 0 saturated heterocycles. The van der Waals surface area contributed by atoms with Crippen LogP contribution in [0, 0.1) is 0 Å². The first-order valence-corrected chi connectivity index (χ1v) is 4.18. The zero-order valence-electron chi connectivity index (χ0n) is 7.63. The standard InChI is InChI=1S/C10H11ClO2/c1-7(2)13-8-4-5-10(12-3)9(11)6-8/h4-6H,1H2,2-3H3. The van der Waals surface area contributed by atoms with Crippen molar-refractivity contribution in [2.45, 2.75) is 6.92 Å². The van der Waals surface area contributed by atoms with Crippen molar-refractivity contribution in [2.24, 2.45) is 0 Å². The SMILES string of the molecule is C=C(C)Oc1ccc(OC)c(Cl)c1. The van der Waals surface area contributed by atoms with E-state index >= 15 is 0 Å². The Hall–Kier alpha value is -1.15. The average molecular weight is 199 g/mol. The van der Waals surface area contributed by atoms with Crippen LogP contribution in [0.25, 0.3) is 0 Å². The summed E-state index contributed by atoms with van der Waals surface area (Å²) in [6.07, 6.45) is 0. The summed E-state index contributed by atoms with van der Waals surface area (Å²) < 4.78 is 10.3. The van der Waals surface area contributed by atoms with Crippen LogP contribution in [0.5, 0.6) is 11.5 Å². The van der Waals surface area contributed by atoms with Crippen molar-refractivity contribution in [3.8, 4) is 11.5 Å². The minimum absolute atomic E-state index is 0.529. The predicted octanol–water partition coefficient (Wildman–Crippen LogP) is 3.26. The first-order chi connectivity index (χ1) is 6.13. The molecule has 0 aliphatic carbocycles. The van der Waals surface area contributed by atoms with Crippen molar-refractivity contribution in [2.75, 3.05) is 7.11 Å². The number of benzene rings is 1. The van der Waals surface area contributed by atoms with Crippen LogP contribution in [-0.2, 0) is 0 Å². The van der Waals surface area contributed by atoms with Crippen LogP contribution in [-0.4, -0.2) is 7.11 Å². The van der Waals surface area contributed by atoms with E-state index in [1.165, 1.54) is 0 Å². The van der Waals surface area contributed by atoms with Gasteiger partial charge in [-0.15, -0.1) is 0 Å². The molecule has 1 rings (SSSR count). The van der Waals surface area contributed by atoms with E-state index in [9.17, 15) is 0 Å². The monoisotopic (exact) mass is 198 g/mol. The molecule has 3 heteroatoms. The lowest BCUT2D eigenvalue weighted by Gasteiger charge is -2.07. The highest BCUT2D eigenvalue weighted by Gasteiger charge is 2.02. The lowest BCUT2D eigenvalue weighted by molar-refractivity contribution is 0.409. The van der Waals surface area contributed by atoms with E-state index in [4.69, 9.17) is 21.1 Å². The van der Waals surface area contributed by atoms with E-state index in [-0.39, 0.29) is 0 Å². The molecule has 0 aliphatic rings. The summed E-state index contributed by atoms with van der Waals surface area (Å²) in [6, 6.07) is 5.22. The maximum Gasteiger partial charge on any atom is 0.137 e. The minimum atomic E-state index is 0.529. The van der Waals surface area contributed by atoms with E-state index in [1.54, 1.807) is 32.2 Å². The fraction of sp³-hybridized carbons (Fsp3) is 0.200. The Kier molecular flexibility index (Phi) is 3.20. The van der Waals surface area contributed by atoms with E-state index in [2.05, 4.69) is 6.58 Å². The molecule has 0 fully saturated rings. The number of hydrogen-bond donors (Lipinski definition) is 0. The largest absolute Gasteiger partial charge is 0.495 e. The van der Waals surface area contributed by atoms with Gasteiger partial charge in [-0.3, -0.25) is 0 Å². The number of halogens is 1. The Morgan fingerprint density at radius 3 is 2.62 bits per heavy atom. The highest BCUT2D eigenvalue weighted by Crippen LogP contribution is 2.28. The van der Waals surface area contributed by atoms with Gasteiger partial charge in [0, 0.05) is 6.07 Å². The summed E-state index contributed by atoms with van der Waals surface area (Å²) in [5.41, 5.74) is 0. The molecule has 0 heterocycles. The molecule has 0 N–H and O–H groups in total. The van der Waals surface area contributed by atoms with Gasteiger partial charge in [0.2, 0.25) is 0 Å². The quantitative estimate of drug-likeness (QED) is 0.695. The molecule has 1 aromatic carbocycles. The molecule has 70 valence electrons. The molecule has 0 bridgehead atoms. The van der Waals surface area contributed by atoms with Crippen molar-refractivity contribution in [3.05, 3.63) is 35.6 Å². The number of rotatable bonds is 3. The molecule has 0 amide bonds. The second-order valence-corrected chi connectivity index (χ2v) is 3.01. The maximum atomic E-state index is 5.88. The number of methoxy groups -OCH3 is 1. The fourth-order valence-electron chi connectivity index (χ4n) is 0.912. The second kappa shape index (κ2) is 4.19. The highest BCUT2D eigenvalue weighted by molar-refractivity contribution is 6.32. The Labute approximate surface area is 82.7 Å². The summed E-state index contributed by atoms with van der Waals surface area (Å²) in [7, 11) is 1.57. The molecular weight excluding hydrogens is 188 g/mol. The Bertz CT molecular complexity index is 321. The summed E-state index contributed by atoms with van der Waals surface area (Å²) in [6.45, 7) is 5.40. The van der Waals surface area contributed by atoms with Gasteiger partial charge >= 0.3 is 0 Å². The molecule has 0 saturated carbocycles. The highest BCUT2D eigenvalue weighted by atomic mass is 35.5. The van der Waals surface area contributed by atoms with Crippen molar-refractivity contribution >= 4 is 11.6 Å². The van der Waals surface area contributed by atoms with Crippen molar-refractivity contribution in [3.63, 3.8) is 0 Å². The first-order valence-electron chi connectivity index (χ1n) is 3.80. The summed E-state index contributed by atoms with van der Waals surface area (Å²) >= 11 is 5.88. The smallest absolute Gasteiger partial charge is 0.137 e. The van der Waals surface area contributed by atoms with Crippen molar-refractivity contribution in [1.82, 2.24) is 0 Å². The first kappa shape index (κ1) is 9.93. The van der Waals surface area contributed by atoms with E-state index in [0.29, 0.717) is 22.3 Å². The minimum Gasteiger partial charge on any atom is -0.495 e. The van der Waals surface area contributed by atoms with Crippen LogP contribution in [0.3, 0.4) is 0 Å². The normalized spacial score (nSPS) is 9.46. The molecule has 0 radical (unpaired) electrons. The molecule has 13 heavy (non-hydrogen) atoms. The maximum absolute atomic E-state index is 5.88. The van der Waals surface area contributed by atoms with Crippen molar-refractivity contribution < 1.29 is 9.47 Å². The third-order valence-corrected chi connectivity index (χ3v) is 1.71. The second-order valence-electron chi connectivity index (χ2n) is 2.60. The van der Waals surface area contributed by atoms with Gasteiger partial charge in [-0.2, -0.15) is 0 Å². The molecule has 2 nitrogen and oxygen atoms in total. The summed E-state index contributed by atoms with van der Waals surface area (Å²) in [5.74, 6) is 1.93. The molecule has 0 spiro atoms. The molecular formula is C10H11ClO2. The topological polar surface area (TPSA) is 18.5 Å². The average Bonchev–Trinajstić information content (AvgIpc) is 2.03. The fourth-order valence-corrected chi connectivity index (χ4v) is 1.16. The Morgan fingerprint density at radius 1 is 1.46 bits per heavy atom. The molecule has 1 aromatic rings. The summed E-state index contributed by atoms with van der Waals surface area (Å²) in [5, 5.41) is 0.529. The molecule has 0 aliphatic heterocycles. The number of allylic oxidation sites excluding steroid dienone is 1. The number of ether oxygens (including phenoxy) is 2. The number of hydrogen-bond acceptors (Lipinski definition) is 2. The Morgan fingerprint density at radius 2 is 2.15 bits per heavy atom. The van der Waals surface area contributed by atoms with E-state index < -0.39 is 0 Å². The van der Waals surface area contributed by atoms with Gasteiger partial charge in [-0.05, 0) is 19.1 Å². The molecule has 0 aromatic heterocycles. The van der Waals surface area contributed by atoms with Gasteiger partial charge in [0.25, 0.3) is 0 Å². The van der Waals surface area contributed by atoms with Crippen LogP contribution in [0.15, 0.2) is 30.5 Å². The van der Waals surface area contributed by atoms with Gasteiger partial charge in [0.05, 0.1) is 17.9 Å². The van der Waals surface area contributed by atoms with Crippen LogP contribution < -0.4 is 9.47 Å². The molecule has 0 unspecified atom stereocenters. The zero-order chi connectivity index (χ0) is 9.84. The van der Waals surface area contributed by atoms with Gasteiger partial charge in [0.1, 0.15) is 11.5 Å². The lowest BCUT2D eigenvalue weighted by Crippen LogP contribution is -1.89. The predicted molar refractivity (Wildman–Crippen MR) is 53.4 cm³/mol. The van der Waals surface area contributed by atoms with Gasteiger partial charge in [0.15, 0.2) is 0 Å². The van der Waals surface area contributed by atoms with Crippen LogP contribution >= 0.6 is 11.6 Å². The van der Waals surface area contributed by atoms with Crippen molar-refractivity contribution in [1.29, 1.82) is 0 Å². The van der Waals surface area contributed by atoms with Crippen LogP contribution in [0.4, 0.5) is 0 Å². The van der Waals surface area contributed by atoms with E-state index in [0.717, 1.165) is 0 Å². The van der Waals surface area contributed by atoms with E-state index in [1.807, 2.05) is 0 Å². The summed E-state index contributed by atoms with van der Waals surface area (Å²) in [4.78, 5) is 0. The van der Waals surface area contributed by atoms with Gasteiger partial charge in [-0.1, -0.05) is 18.2 Å². The molecule has 0 atom stereocenters. The zero-order valence-corrected chi connectivity index (χ0v) is 8.39.